The molecule has 2 nitrogen and oxygen atoms in total. The lowest BCUT2D eigenvalue weighted by atomic mass is 9.99. The summed E-state index contributed by atoms with van der Waals surface area (Å²) in [6, 6.07) is 0. The minimum atomic E-state index is -1.25. The van der Waals surface area contributed by atoms with Gasteiger partial charge in [0.15, 0.2) is 0 Å². The van der Waals surface area contributed by atoms with Crippen molar-refractivity contribution in [1.82, 2.24) is 10.3 Å². The van der Waals surface area contributed by atoms with Gasteiger partial charge < -0.3 is 5.32 Å². The summed E-state index contributed by atoms with van der Waals surface area (Å²) in [5, 5.41) is 4.43. The molecular formula is C11H17FN2S. The van der Waals surface area contributed by atoms with Crippen molar-refractivity contribution in [2.24, 2.45) is 0 Å². The highest BCUT2D eigenvalue weighted by molar-refractivity contribution is 7.11. The topological polar surface area (TPSA) is 24.9 Å². The van der Waals surface area contributed by atoms with Crippen molar-refractivity contribution in [2.45, 2.75) is 38.3 Å². The number of hydrogen-bond acceptors (Lipinski definition) is 3. The zero-order valence-electron chi connectivity index (χ0n) is 9.22. The summed E-state index contributed by atoms with van der Waals surface area (Å²) < 4.78 is 13.7. The van der Waals surface area contributed by atoms with E-state index in [1.807, 2.05) is 0 Å². The molecule has 1 aromatic heterocycles. The normalized spacial score (nSPS) is 19.4. The quantitative estimate of drug-likeness (QED) is 0.842. The Morgan fingerprint density at radius 1 is 1.47 bits per heavy atom. The number of halogens is 1. The standard InChI is InChI=1S/C11H17FN2S/c1-11(2,12)9-7-14-10(15-9)8-3-5-13-6-4-8/h7-8,13H,3-6H2,1-2H3. The van der Waals surface area contributed by atoms with Gasteiger partial charge in [-0.05, 0) is 39.8 Å². The molecule has 0 unspecified atom stereocenters. The van der Waals surface area contributed by atoms with Crippen LogP contribution in [0, 0.1) is 0 Å². The maximum absolute atomic E-state index is 13.7. The van der Waals surface area contributed by atoms with Crippen molar-refractivity contribution in [1.29, 1.82) is 0 Å². The number of nitrogens with zero attached hydrogens (tertiary/aromatic N) is 1. The molecule has 2 heterocycles. The van der Waals surface area contributed by atoms with Crippen LogP contribution in [0.25, 0.3) is 0 Å². The van der Waals surface area contributed by atoms with E-state index < -0.39 is 5.67 Å². The number of piperidine rings is 1. The van der Waals surface area contributed by atoms with Gasteiger partial charge in [0.2, 0.25) is 0 Å². The predicted molar refractivity (Wildman–Crippen MR) is 61.1 cm³/mol. The largest absolute Gasteiger partial charge is 0.317 e. The lowest BCUT2D eigenvalue weighted by molar-refractivity contribution is 0.226. The molecule has 1 aromatic rings. The van der Waals surface area contributed by atoms with E-state index in [9.17, 15) is 4.39 Å². The highest BCUT2D eigenvalue weighted by Gasteiger charge is 2.25. The van der Waals surface area contributed by atoms with Crippen molar-refractivity contribution in [2.75, 3.05) is 13.1 Å². The van der Waals surface area contributed by atoms with Crippen molar-refractivity contribution >= 4 is 11.3 Å². The average Bonchev–Trinajstić information content (AvgIpc) is 2.67. The summed E-state index contributed by atoms with van der Waals surface area (Å²) in [6.45, 7) is 5.29. The first kappa shape index (κ1) is 11.0. The number of rotatable bonds is 2. The Bertz CT molecular complexity index is 324. The summed E-state index contributed by atoms with van der Waals surface area (Å²) in [7, 11) is 0. The van der Waals surface area contributed by atoms with Crippen LogP contribution in [0.2, 0.25) is 0 Å². The first-order chi connectivity index (χ1) is 7.07. The molecule has 0 aromatic carbocycles. The van der Waals surface area contributed by atoms with Crippen LogP contribution in [-0.4, -0.2) is 18.1 Å². The monoisotopic (exact) mass is 228 g/mol. The van der Waals surface area contributed by atoms with E-state index in [0.717, 1.165) is 35.8 Å². The maximum atomic E-state index is 13.7. The molecule has 1 aliphatic heterocycles. The van der Waals surface area contributed by atoms with Gasteiger partial charge in [0.25, 0.3) is 0 Å². The maximum Gasteiger partial charge on any atom is 0.141 e. The predicted octanol–water partition coefficient (Wildman–Crippen LogP) is 2.81. The van der Waals surface area contributed by atoms with Crippen LogP contribution < -0.4 is 5.32 Å². The molecule has 1 aliphatic rings. The highest BCUT2D eigenvalue weighted by atomic mass is 32.1. The molecule has 1 saturated heterocycles. The molecule has 1 N–H and O–H groups in total. The Balaban J connectivity index is 2.12. The second kappa shape index (κ2) is 4.18. The van der Waals surface area contributed by atoms with Gasteiger partial charge >= 0.3 is 0 Å². The molecule has 0 aliphatic carbocycles. The van der Waals surface area contributed by atoms with Crippen molar-refractivity contribution in [3.05, 3.63) is 16.1 Å². The van der Waals surface area contributed by atoms with Crippen molar-refractivity contribution < 1.29 is 4.39 Å². The Morgan fingerprint density at radius 2 is 2.13 bits per heavy atom. The van der Waals surface area contributed by atoms with Gasteiger partial charge in [-0.3, -0.25) is 0 Å². The zero-order valence-corrected chi connectivity index (χ0v) is 10.0. The van der Waals surface area contributed by atoms with Gasteiger partial charge in [-0.1, -0.05) is 0 Å². The summed E-state index contributed by atoms with van der Waals surface area (Å²) in [6.07, 6.45) is 3.95. The number of alkyl halides is 1. The molecule has 2 rings (SSSR count). The summed E-state index contributed by atoms with van der Waals surface area (Å²) in [4.78, 5) is 5.10. The van der Waals surface area contributed by atoms with E-state index in [4.69, 9.17) is 0 Å². The third-order valence-corrected chi connectivity index (χ3v) is 4.26. The molecular weight excluding hydrogens is 211 g/mol. The van der Waals surface area contributed by atoms with Crippen LogP contribution in [-0.2, 0) is 5.67 Å². The van der Waals surface area contributed by atoms with Crippen LogP contribution in [0.4, 0.5) is 4.39 Å². The Labute approximate surface area is 93.9 Å². The molecule has 15 heavy (non-hydrogen) atoms. The summed E-state index contributed by atoms with van der Waals surface area (Å²) >= 11 is 1.53. The molecule has 0 bridgehead atoms. The fraction of sp³-hybridized carbons (Fsp3) is 0.727. The second-order valence-electron chi connectivity index (χ2n) is 4.56. The Hall–Kier alpha value is -0.480. The Morgan fingerprint density at radius 3 is 2.67 bits per heavy atom. The molecule has 84 valence electrons. The van der Waals surface area contributed by atoms with Gasteiger partial charge in [0, 0.05) is 12.1 Å². The fourth-order valence-electron chi connectivity index (χ4n) is 1.82. The first-order valence-corrected chi connectivity index (χ1v) is 6.25. The third kappa shape index (κ3) is 2.55. The highest BCUT2D eigenvalue weighted by Crippen LogP contribution is 2.34. The van der Waals surface area contributed by atoms with Crippen LogP contribution in [0.15, 0.2) is 6.20 Å². The smallest absolute Gasteiger partial charge is 0.141 e. The lowest BCUT2D eigenvalue weighted by Gasteiger charge is -2.20. The molecule has 0 amide bonds. The first-order valence-electron chi connectivity index (χ1n) is 5.43. The van der Waals surface area contributed by atoms with Crippen LogP contribution in [0.3, 0.4) is 0 Å². The van der Waals surface area contributed by atoms with Crippen LogP contribution in [0.1, 0.15) is 42.5 Å². The van der Waals surface area contributed by atoms with E-state index in [1.54, 1.807) is 20.0 Å². The number of thiazole rings is 1. The second-order valence-corrected chi connectivity index (χ2v) is 5.62. The van der Waals surface area contributed by atoms with Gasteiger partial charge in [0.1, 0.15) is 5.67 Å². The van der Waals surface area contributed by atoms with Crippen molar-refractivity contribution in [3.8, 4) is 0 Å². The lowest BCUT2D eigenvalue weighted by Crippen LogP contribution is -2.26. The Kier molecular flexibility index (Phi) is 3.07. The number of hydrogen-bond donors (Lipinski definition) is 1. The zero-order chi connectivity index (χ0) is 10.9. The number of aromatic nitrogens is 1. The molecule has 1 fully saturated rings. The summed E-state index contributed by atoms with van der Waals surface area (Å²) in [5.41, 5.74) is -1.25. The van der Waals surface area contributed by atoms with Gasteiger partial charge in [-0.15, -0.1) is 11.3 Å². The van der Waals surface area contributed by atoms with Gasteiger partial charge in [-0.2, -0.15) is 0 Å². The average molecular weight is 228 g/mol. The third-order valence-electron chi connectivity index (χ3n) is 2.80. The van der Waals surface area contributed by atoms with Gasteiger partial charge in [-0.25, -0.2) is 9.37 Å². The van der Waals surface area contributed by atoms with E-state index in [-0.39, 0.29) is 0 Å². The van der Waals surface area contributed by atoms with E-state index in [0.29, 0.717) is 5.92 Å². The van der Waals surface area contributed by atoms with Gasteiger partial charge in [0.05, 0.1) is 9.88 Å². The fourth-order valence-corrected chi connectivity index (χ4v) is 2.90. The van der Waals surface area contributed by atoms with E-state index in [1.165, 1.54) is 11.3 Å². The SMILES string of the molecule is CC(C)(F)c1cnc(C2CCNCC2)s1. The minimum Gasteiger partial charge on any atom is -0.317 e. The van der Waals surface area contributed by atoms with Crippen molar-refractivity contribution in [3.63, 3.8) is 0 Å². The molecule has 4 heteroatoms. The van der Waals surface area contributed by atoms with E-state index >= 15 is 0 Å². The summed E-state index contributed by atoms with van der Waals surface area (Å²) in [5.74, 6) is 0.535. The van der Waals surface area contributed by atoms with E-state index in [2.05, 4.69) is 10.3 Å². The molecule has 0 radical (unpaired) electrons. The minimum absolute atomic E-state index is 0.535. The number of nitrogens with one attached hydrogen (secondary N) is 1. The molecule has 0 saturated carbocycles. The van der Waals surface area contributed by atoms with Crippen LogP contribution >= 0.6 is 11.3 Å². The molecule has 0 spiro atoms. The molecule has 0 atom stereocenters. The van der Waals surface area contributed by atoms with Crippen LogP contribution in [0.5, 0.6) is 0 Å².